The summed E-state index contributed by atoms with van der Waals surface area (Å²) in [4.78, 5) is 41.6. The molecule has 0 spiro atoms. The number of nitrogens with zero attached hydrogens (tertiary/aromatic N) is 1. The predicted octanol–water partition coefficient (Wildman–Crippen LogP) is -0.728. The second kappa shape index (κ2) is 22.2. The molecule has 3 amide bonds. The summed E-state index contributed by atoms with van der Waals surface area (Å²) in [5.74, 6) is -1.37. The van der Waals surface area contributed by atoms with Gasteiger partial charge >= 0.3 is 0 Å². The zero-order valence-corrected chi connectivity index (χ0v) is 33.0. The van der Waals surface area contributed by atoms with Gasteiger partial charge in [0.1, 0.15) is 48.8 Å². The van der Waals surface area contributed by atoms with Crippen molar-refractivity contribution in [3.05, 3.63) is 0 Å². The number of carbonyl (C=O) groups is 3. The minimum absolute atomic E-state index is 0.0905. The molecule has 0 aromatic carbocycles. The van der Waals surface area contributed by atoms with Gasteiger partial charge in [-0.3, -0.25) is 14.4 Å². The number of likely N-dealkylation sites (tertiary alicyclic amines) is 1. The van der Waals surface area contributed by atoms with Crippen molar-refractivity contribution in [3.8, 4) is 0 Å². The van der Waals surface area contributed by atoms with E-state index in [2.05, 4.69) is 10.6 Å². The maximum atomic E-state index is 13.7. The van der Waals surface area contributed by atoms with Gasteiger partial charge in [-0.05, 0) is 51.4 Å². The Morgan fingerprint density at radius 1 is 0.927 bits per heavy atom. The van der Waals surface area contributed by atoms with Crippen LogP contribution in [-0.4, -0.2) is 161 Å². The van der Waals surface area contributed by atoms with Gasteiger partial charge in [0.2, 0.25) is 11.8 Å². The zero-order valence-electron chi connectivity index (χ0n) is 33.0. The Morgan fingerprint density at radius 2 is 1.64 bits per heavy atom. The monoisotopic (exact) mass is 788 g/mol. The van der Waals surface area contributed by atoms with Gasteiger partial charge in [0.25, 0.3) is 5.91 Å². The smallest absolute Gasteiger partial charge is 0.251 e. The highest BCUT2D eigenvalue weighted by atomic mass is 16.7. The van der Waals surface area contributed by atoms with Crippen molar-refractivity contribution in [2.75, 3.05) is 39.4 Å². The quantitative estimate of drug-likeness (QED) is 0.0758. The number of hydrogen-bond donors (Lipinski definition) is 8. The zero-order chi connectivity index (χ0) is 40.2. The van der Waals surface area contributed by atoms with E-state index in [1.165, 1.54) is 6.92 Å². The van der Waals surface area contributed by atoms with E-state index in [-0.39, 0.29) is 49.8 Å². The van der Waals surface area contributed by atoms with Crippen molar-refractivity contribution in [1.29, 1.82) is 0 Å². The van der Waals surface area contributed by atoms with Crippen LogP contribution >= 0.6 is 0 Å². The summed E-state index contributed by atoms with van der Waals surface area (Å²) in [5.41, 5.74) is 5.68. The van der Waals surface area contributed by atoms with Gasteiger partial charge < -0.3 is 70.5 Å². The number of nitrogens with two attached hydrogens (primary N) is 1. The molecular weight excluding hydrogens is 720 g/mol. The standard InChI is InChI=1S/C38H68N4O13/c1-5-24(20-51-38-33(48)32(47)30(45)22(3)53-38)17-26(35(49)40-13-12-39)16-21(2)52-37-29(41-23(4)44)34(31(46)28(19-43)55-37)54-27(36(50)42-14-9-15-42)18-25-10-7-6-8-11-25/h21-22,24-34,37-38,43,45-48H,5-20,39H2,1-4H3,(H,40,49)(H,41,44)/t21-,22?,24+,26?,27-,28-,29?,30?,31?,32?,33?,34?,37+,38?/m0/s1. The van der Waals surface area contributed by atoms with Crippen LogP contribution in [0.1, 0.15) is 91.9 Å². The third-order valence-corrected chi connectivity index (χ3v) is 11.6. The molecule has 4 aliphatic rings. The van der Waals surface area contributed by atoms with Crippen molar-refractivity contribution >= 4 is 17.7 Å². The van der Waals surface area contributed by atoms with Crippen molar-refractivity contribution in [2.45, 2.75) is 165 Å². The average Bonchev–Trinajstić information content (AvgIpc) is 3.14. The highest BCUT2D eigenvalue weighted by Gasteiger charge is 2.50. The van der Waals surface area contributed by atoms with Gasteiger partial charge in [0.05, 0.1) is 25.4 Å². The molecule has 3 saturated heterocycles. The molecule has 3 heterocycles. The van der Waals surface area contributed by atoms with Crippen LogP contribution < -0.4 is 16.4 Å². The maximum Gasteiger partial charge on any atom is 0.251 e. The average molecular weight is 789 g/mol. The van der Waals surface area contributed by atoms with Gasteiger partial charge in [0.15, 0.2) is 12.6 Å². The first-order valence-corrected chi connectivity index (χ1v) is 20.4. The van der Waals surface area contributed by atoms with Gasteiger partial charge in [-0.15, -0.1) is 0 Å². The lowest BCUT2D eigenvalue weighted by Crippen LogP contribution is -2.67. The molecule has 17 heteroatoms. The fraction of sp³-hybridized carbons (Fsp3) is 0.921. The number of rotatable bonds is 20. The molecule has 4 rings (SSSR count). The van der Waals surface area contributed by atoms with Crippen LogP contribution in [0, 0.1) is 17.8 Å². The van der Waals surface area contributed by atoms with Crippen LogP contribution in [0.2, 0.25) is 0 Å². The summed E-state index contributed by atoms with van der Waals surface area (Å²) in [7, 11) is 0. The van der Waals surface area contributed by atoms with Gasteiger partial charge in [-0.1, -0.05) is 45.4 Å². The molecule has 0 aromatic heterocycles. The predicted molar refractivity (Wildman–Crippen MR) is 198 cm³/mol. The number of aliphatic hydroxyl groups is 5. The van der Waals surface area contributed by atoms with E-state index >= 15 is 0 Å². The van der Waals surface area contributed by atoms with Crippen LogP contribution in [0.15, 0.2) is 0 Å². The minimum atomic E-state index is -1.46. The fourth-order valence-electron chi connectivity index (χ4n) is 8.08. The lowest BCUT2D eigenvalue weighted by atomic mass is 9.85. The first-order valence-electron chi connectivity index (χ1n) is 20.4. The Kier molecular flexibility index (Phi) is 18.4. The topological polar surface area (TPSA) is 252 Å². The number of aliphatic hydroxyl groups excluding tert-OH is 5. The molecule has 3 aliphatic heterocycles. The van der Waals surface area contributed by atoms with E-state index in [1.54, 1.807) is 18.7 Å². The van der Waals surface area contributed by atoms with Crippen LogP contribution in [-0.2, 0) is 38.1 Å². The van der Waals surface area contributed by atoms with E-state index < -0.39 is 92.0 Å². The third kappa shape index (κ3) is 12.7. The fourth-order valence-corrected chi connectivity index (χ4v) is 8.08. The summed E-state index contributed by atoms with van der Waals surface area (Å²) < 4.78 is 30.5. The van der Waals surface area contributed by atoms with Crippen molar-refractivity contribution in [3.63, 3.8) is 0 Å². The Hall–Kier alpha value is -2.03. The van der Waals surface area contributed by atoms with E-state index in [9.17, 15) is 39.9 Å². The molecule has 0 radical (unpaired) electrons. The van der Waals surface area contributed by atoms with Crippen LogP contribution in [0.5, 0.6) is 0 Å². The van der Waals surface area contributed by atoms with Crippen molar-refractivity contribution in [2.24, 2.45) is 23.5 Å². The number of amides is 3. The molecular formula is C38H68N4O13. The number of carbonyl (C=O) groups excluding carboxylic acids is 3. The Labute approximate surface area is 324 Å². The van der Waals surface area contributed by atoms with Gasteiger partial charge in [0, 0.05) is 39.0 Å². The molecule has 9 N–H and O–H groups in total. The molecule has 318 valence electrons. The van der Waals surface area contributed by atoms with E-state index in [1.807, 2.05) is 6.92 Å². The van der Waals surface area contributed by atoms with E-state index in [4.69, 9.17) is 29.4 Å². The second-order valence-corrected chi connectivity index (χ2v) is 15.9. The Bertz CT molecular complexity index is 1190. The maximum absolute atomic E-state index is 13.7. The van der Waals surface area contributed by atoms with Crippen molar-refractivity contribution in [1.82, 2.24) is 15.5 Å². The molecule has 1 saturated carbocycles. The van der Waals surface area contributed by atoms with Crippen LogP contribution in [0.25, 0.3) is 0 Å². The highest BCUT2D eigenvalue weighted by molar-refractivity contribution is 5.81. The molecule has 55 heavy (non-hydrogen) atoms. The molecule has 0 aromatic rings. The van der Waals surface area contributed by atoms with Crippen molar-refractivity contribution < 1.29 is 63.6 Å². The first kappa shape index (κ1) is 45.7. The number of nitrogens with one attached hydrogen (secondary N) is 2. The normalized spacial score (nSPS) is 33.9. The summed E-state index contributed by atoms with van der Waals surface area (Å²) in [6.45, 7) is 7.83. The van der Waals surface area contributed by atoms with Gasteiger partial charge in [-0.2, -0.15) is 0 Å². The Morgan fingerprint density at radius 3 is 2.24 bits per heavy atom. The third-order valence-electron chi connectivity index (χ3n) is 11.6. The molecule has 9 unspecified atom stereocenters. The largest absolute Gasteiger partial charge is 0.394 e. The van der Waals surface area contributed by atoms with Crippen LogP contribution in [0.4, 0.5) is 0 Å². The molecule has 14 atom stereocenters. The summed E-state index contributed by atoms with van der Waals surface area (Å²) >= 11 is 0. The molecule has 1 aliphatic carbocycles. The molecule has 4 fully saturated rings. The lowest BCUT2D eigenvalue weighted by molar-refractivity contribution is -0.295. The van der Waals surface area contributed by atoms with Crippen LogP contribution in [0.3, 0.4) is 0 Å². The van der Waals surface area contributed by atoms with Gasteiger partial charge in [-0.25, -0.2) is 0 Å². The summed E-state index contributed by atoms with van der Waals surface area (Å²) in [5, 5.41) is 58.1. The first-order chi connectivity index (χ1) is 26.3. The molecule has 0 bridgehead atoms. The highest BCUT2D eigenvalue weighted by Crippen LogP contribution is 2.33. The minimum Gasteiger partial charge on any atom is -0.394 e. The second-order valence-electron chi connectivity index (χ2n) is 15.9. The summed E-state index contributed by atoms with van der Waals surface area (Å²) in [6, 6.07) is -1.06. The lowest BCUT2D eigenvalue weighted by Gasteiger charge is -2.46. The van der Waals surface area contributed by atoms with E-state index in [0.29, 0.717) is 32.4 Å². The SMILES string of the molecule is CC[C@@H](COC1OC(C)C(O)C(O)C1O)CC(C[C@H](C)O[C@@H]1O[C@@H](CO)C(O)C(O[C@@H](CC2CCCCC2)C(=O)N2CCC2)C1NC(C)=O)C(=O)NCCN. The number of ether oxygens (including phenoxy) is 5. The molecule has 17 nitrogen and oxygen atoms in total. The Balaban J connectivity index is 1.49. The number of hydrogen-bond acceptors (Lipinski definition) is 14. The summed E-state index contributed by atoms with van der Waals surface area (Å²) in [6.07, 6.45) is -4.75. The van der Waals surface area contributed by atoms with E-state index in [0.717, 1.165) is 38.5 Å².